The third-order valence-corrected chi connectivity index (χ3v) is 15.5. The van der Waals surface area contributed by atoms with Gasteiger partial charge in [0, 0.05) is 17.3 Å². The van der Waals surface area contributed by atoms with Gasteiger partial charge in [0.2, 0.25) is 0 Å². The molecule has 5 fully saturated rings. The Morgan fingerprint density at radius 2 is 1.46 bits per heavy atom. The molecular weight excluding hydrogens is 580 g/mol. The first-order chi connectivity index (χ1) is 21.4. The average molecular weight is 641 g/mol. The van der Waals surface area contributed by atoms with Crippen molar-refractivity contribution in [3.63, 3.8) is 0 Å². The van der Waals surface area contributed by atoms with E-state index in [-0.39, 0.29) is 70.1 Å². The van der Waals surface area contributed by atoms with Crippen molar-refractivity contribution >= 4 is 5.97 Å². The van der Waals surface area contributed by atoms with Crippen LogP contribution in [0.1, 0.15) is 124 Å². The highest BCUT2D eigenvalue weighted by atomic mass is 16.5. The molecule has 46 heavy (non-hydrogen) atoms. The fraction of sp³-hybridized carbons (Fsp3) is 0.821. The van der Waals surface area contributed by atoms with Gasteiger partial charge in [-0.15, -0.1) is 0 Å². The second-order valence-corrected chi connectivity index (χ2v) is 18.2. The maximum atomic E-state index is 13.1. The molecule has 0 heterocycles. The molecule has 7 heteroatoms. The van der Waals surface area contributed by atoms with Gasteiger partial charge in [-0.2, -0.15) is 0 Å². The maximum Gasteiger partial charge on any atom is 0.306 e. The first kappa shape index (κ1) is 34.0. The van der Waals surface area contributed by atoms with E-state index in [9.17, 15) is 30.3 Å². The normalized spacial score (nSPS) is 46.5. The van der Waals surface area contributed by atoms with Crippen LogP contribution in [0.5, 0.6) is 11.5 Å². The monoisotopic (exact) mass is 640 g/mol. The van der Waals surface area contributed by atoms with Gasteiger partial charge < -0.3 is 30.3 Å². The summed E-state index contributed by atoms with van der Waals surface area (Å²) in [7, 11) is 0. The second kappa shape index (κ2) is 11.4. The number of hydrogen-bond donors (Lipinski definition) is 5. The smallest absolute Gasteiger partial charge is 0.306 e. The number of aliphatic hydroxyl groups is 3. The van der Waals surface area contributed by atoms with Crippen LogP contribution < -0.4 is 0 Å². The molecule has 1 aromatic carbocycles. The Bertz CT molecular complexity index is 1330. The van der Waals surface area contributed by atoms with Crippen molar-refractivity contribution in [2.75, 3.05) is 6.61 Å². The lowest BCUT2D eigenvalue weighted by molar-refractivity contribution is -0.223. The summed E-state index contributed by atoms with van der Waals surface area (Å²) in [4.78, 5) is 13.1. The van der Waals surface area contributed by atoms with Crippen LogP contribution in [0.4, 0.5) is 0 Å². The van der Waals surface area contributed by atoms with E-state index in [2.05, 4.69) is 41.5 Å². The zero-order valence-corrected chi connectivity index (χ0v) is 29.1. The zero-order chi connectivity index (χ0) is 33.5. The van der Waals surface area contributed by atoms with Gasteiger partial charge in [0.05, 0.1) is 18.3 Å². The highest BCUT2D eigenvalue weighted by Crippen LogP contribution is 2.72. The van der Waals surface area contributed by atoms with E-state index in [0.29, 0.717) is 24.7 Å². The molecule has 0 saturated heterocycles. The number of ether oxygens (including phenoxy) is 1. The fourth-order valence-electron chi connectivity index (χ4n) is 13.2. The van der Waals surface area contributed by atoms with Gasteiger partial charge in [-0.05, 0) is 135 Å². The van der Waals surface area contributed by atoms with E-state index in [4.69, 9.17) is 4.74 Å². The van der Waals surface area contributed by atoms with Crippen molar-refractivity contribution in [2.24, 2.45) is 50.7 Å². The summed E-state index contributed by atoms with van der Waals surface area (Å²) in [6.45, 7) is 14.0. The number of aromatic hydroxyl groups is 2. The molecule has 1 aromatic rings. The van der Waals surface area contributed by atoms with Gasteiger partial charge in [0.1, 0.15) is 6.10 Å². The first-order valence-electron chi connectivity index (χ1n) is 18.1. The number of carbonyl (C=O) groups is 1. The number of esters is 1. The first-order valence-corrected chi connectivity index (χ1v) is 18.1. The Kier molecular flexibility index (Phi) is 8.42. The zero-order valence-electron chi connectivity index (χ0n) is 29.1. The van der Waals surface area contributed by atoms with Crippen LogP contribution >= 0.6 is 0 Å². The summed E-state index contributed by atoms with van der Waals surface area (Å²) in [6.07, 6.45) is 10.0. The van der Waals surface area contributed by atoms with Crippen LogP contribution in [0.2, 0.25) is 0 Å². The van der Waals surface area contributed by atoms with E-state index in [0.717, 1.165) is 69.8 Å². The van der Waals surface area contributed by atoms with Crippen molar-refractivity contribution in [3.8, 4) is 11.5 Å². The third kappa shape index (κ3) is 5.12. The lowest BCUT2D eigenvalue weighted by Crippen LogP contribution is -2.63. The summed E-state index contributed by atoms with van der Waals surface area (Å²) in [6, 6.07) is 4.67. The molecule has 5 saturated carbocycles. The Balaban J connectivity index is 1.20. The molecular formula is C39H60O7. The molecule has 0 bridgehead atoms. The minimum Gasteiger partial charge on any atom is -0.504 e. The molecule has 5 aliphatic rings. The van der Waals surface area contributed by atoms with E-state index >= 15 is 0 Å². The van der Waals surface area contributed by atoms with Crippen LogP contribution in [-0.2, 0) is 16.0 Å². The number of aliphatic hydroxyl groups excluding tert-OH is 2. The number of rotatable bonds is 5. The summed E-state index contributed by atoms with van der Waals surface area (Å²) >= 11 is 0. The Labute approximate surface area is 276 Å². The summed E-state index contributed by atoms with van der Waals surface area (Å²) in [5, 5.41) is 53.6. The van der Waals surface area contributed by atoms with Crippen LogP contribution in [0, 0.1) is 50.7 Å². The number of hydrogen-bond acceptors (Lipinski definition) is 7. The van der Waals surface area contributed by atoms with E-state index in [1.54, 1.807) is 6.07 Å². The Hall–Kier alpha value is -1.83. The fourth-order valence-corrected chi connectivity index (χ4v) is 13.2. The number of fused-ring (bicyclic) bond motifs is 6. The number of benzene rings is 1. The van der Waals surface area contributed by atoms with Crippen LogP contribution in [0.25, 0.3) is 0 Å². The molecule has 5 N–H and O–H groups in total. The molecule has 0 aliphatic heterocycles. The molecule has 7 nitrogen and oxygen atoms in total. The van der Waals surface area contributed by atoms with Crippen LogP contribution in [0.15, 0.2) is 18.2 Å². The molecule has 11 atom stereocenters. The van der Waals surface area contributed by atoms with Crippen molar-refractivity contribution < 1.29 is 35.1 Å². The van der Waals surface area contributed by atoms with Crippen LogP contribution in [0.3, 0.4) is 0 Å². The lowest BCUT2D eigenvalue weighted by atomic mass is 9.41. The second-order valence-electron chi connectivity index (χ2n) is 18.2. The van der Waals surface area contributed by atoms with E-state index in [1.807, 2.05) is 0 Å². The summed E-state index contributed by atoms with van der Waals surface area (Å²) < 4.78 is 6.23. The van der Waals surface area contributed by atoms with Crippen LogP contribution in [-0.4, -0.2) is 55.9 Å². The van der Waals surface area contributed by atoms with Gasteiger partial charge in [0.25, 0.3) is 0 Å². The van der Waals surface area contributed by atoms with Gasteiger partial charge in [0.15, 0.2) is 11.5 Å². The van der Waals surface area contributed by atoms with Gasteiger partial charge in [-0.3, -0.25) is 4.79 Å². The van der Waals surface area contributed by atoms with Crippen molar-refractivity contribution in [3.05, 3.63) is 23.8 Å². The third-order valence-electron chi connectivity index (χ3n) is 15.5. The molecule has 0 unspecified atom stereocenters. The molecule has 6 rings (SSSR count). The molecule has 0 radical (unpaired) electrons. The topological polar surface area (TPSA) is 127 Å². The predicted octanol–water partition coefficient (Wildman–Crippen LogP) is 6.90. The molecule has 0 amide bonds. The highest BCUT2D eigenvalue weighted by Gasteiger charge is 2.68. The largest absolute Gasteiger partial charge is 0.504 e. The molecule has 0 spiro atoms. The molecule has 258 valence electrons. The maximum absolute atomic E-state index is 13.1. The summed E-state index contributed by atoms with van der Waals surface area (Å²) in [5.41, 5.74) is -0.658. The van der Waals surface area contributed by atoms with Gasteiger partial charge >= 0.3 is 5.97 Å². The minimum atomic E-state index is -0.729. The number of phenols is 2. The summed E-state index contributed by atoms with van der Waals surface area (Å²) in [5.74, 6) is 0.655. The van der Waals surface area contributed by atoms with E-state index in [1.165, 1.54) is 12.1 Å². The SMILES string of the molecule is CC1(C)[C@@H](OC(=O)CCc2ccc(O)c(O)c2)CC[C@@]2(C)[C@H]1CC[C@@]1(C)C[C@@]3(O)CC[C@@H]4[C@](C)(CC[C@H](O)[C@]4(C)CO)[C@H]3CC[C@@H]12. The molecule has 0 aromatic heterocycles. The number of aryl methyl sites for hydroxylation is 1. The van der Waals surface area contributed by atoms with Gasteiger partial charge in [-0.25, -0.2) is 0 Å². The Morgan fingerprint density at radius 3 is 2.15 bits per heavy atom. The lowest BCUT2D eigenvalue weighted by Gasteiger charge is -2.65. The van der Waals surface area contributed by atoms with Crippen molar-refractivity contribution in [2.45, 2.75) is 143 Å². The average Bonchev–Trinajstić information content (AvgIpc) is 3.11. The highest BCUT2D eigenvalue weighted by molar-refractivity contribution is 5.70. The number of phenolic OH excluding ortho intramolecular Hbond substituents is 2. The van der Waals surface area contributed by atoms with E-state index < -0.39 is 17.1 Å². The Morgan fingerprint density at radius 1 is 0.804 bits per heavy atom. The van der Waals surface area contributed by atoms with Crippen molar-refractivity contribution in [1.29, 1.82) is 0 Å². The minimum absolute atomic E-state index is 0.0130. The quantitative estimate of drug-likeness (QED) is 0.175. The predicted molar refractivity (Wildman–Crippen MR) is 177 cm³/mol. The van der Waals surface area contributed by atoms with Gasteiger partial charge in [-0.1, -0.05) is 47.6 Å². The standard InChI is InChI=1S/C39H60O7/c1-34(2)27-13-17-35(3)22-39(45)20-14-29-37(5,18-15-31(43)38(29,6)23-40)30(39)11-10-28(35)36(27,4)19-16-32(34)46-33(44)12-8-24-7-9-25(41)26(42)21-24/h7,9,21,27-32,40-43,45H,8,10-20,22-23H2,1-6H3/t27-,28-,29+,30+,31-,32-,35-,36-,37-,38+,39-/m0/s1. The molecule has 5 aliphatic carbocycles. The number of carbonyl (C=O) groups excluding carboxylic acids is 1. The van der Waals surface area contributed by atoms with Crippen molar-refractivity contribution in [1.82, 2.24) is 0 Å².